The largest absolute Gasteiger partial charge is 0.385 e. The van der Waals surface area contributed by atoms with Crippen molar-refractivity contribution >= 4 is 22.2 Å². The van der Waals surface area contributed by atoms with Gasteiger partial charge in [0, 0.05) is 22.8 Å². The smallest absolute Gasteiger partial charge is 0.148 e. The topological polar surface area (TPSA) is 50.2 Å². The van der Waals surface area contributed by atoms with E-state index in [4.69, 9.17) is 5.11 Å². The van der Waals surface area contributed by atoms with Crippen LogP contribution in [0.5, 0.6) is 0 Å². The van der Waals surface area contributed by atoms with Gasteiger partial charge in [-0.05, 0) is 28.1 Å². The van der Waals surface area contributed by atoms with E-state index in [0.717, 1.165) is 4.47 Å². The molecule has 0 saturated heterocycles. The third-order valence-electron chi connectivity index (χ3n) is 1.36. The maximum Gasteiger partial charge on any atom is 0.148 e. The second-order valence-electron chi connectivity index (χ2n) is 2.38. The summed E-state index contributed by atoms with van der Waals surface area (Å²) in [5.41, 5.74) is 0.706. The van der Waals surface area contributed by atoms with Crippen LogP contribution >= 0.6 is 15.9 Å². The van der Waals surface area contributed by atoms with Crippen LogP contribution in [0.15, 0.2) is 22.8 Å². The number of carbonyl (C=O) groups excluding carboxylic acids is 1. The van der Waals surface area contributed by atoms with Gasteiger partial charge in [0.15, 0.2) is 0 Å². The summed E-state index contributed by atoms with van der Waals surface area (Å²) < 4.78 is 0.881. The molecule has 0 radical (unpaired) electrons. The molecule has 3 nitrogen and oxygen atoms in total. The number of carbonyl (C=O) groups is 1. The fourth-order valence-corrected chi connectivity index (χ4v) is 1.02. The Morgan fingerprint density at radius 3 is 2.92 bits per heavy atom. The summed E-state index contributed by atoms with van der Waals surface area (Å²) in [6.45, 7) is 0. The summed E-state index contributed by atoms with van der Waals surface area (Å²) in [7, 11) is 0. The Morgan fingerprint density at radius 2 is 2.42 bits per heavy atom. The average molecular weight is 230 g/mol. The third kappa shape index (κ3) is 2.71. The van der Waals surface area contributed by atoms with E-state index in [1.807, 2.05) is 6.07 Å². The zero-order chi connectivity index (χ0) is 8.97. The molecule has 0 aliphatic heterocycles. The molecule has 0 saturated carbocycles. The van der Waals surface area contributed by atoms with E-state index >= 15 is 0 Å². The molecule has 0 fully saturated rings. The molecule has 4 heteroatoms. The van der Waals surface area contributed by atoms with Crippen molar-refractivity contribution in [3.63, 3.8) is 0 Å². The van der Waals surface area contributed by atoms with Crippen LogP contribution < -0.4 is 0 Å². The molecule has 0 aliphatic rings. The summed E-state index contributed by atoms with van der Waals surface area (Å²) in [6, 6.07) is 3.58. The summed E-state index contributed by atoms with van der Waals surface area (Å²) in [4.78, 5) is 14.1. The van der Waals surface area contributed by atoms with Crippen LogP contribution in [-0.4, -0.2) is 22.5 Å². The monoisotopic (exact) mass is 229 g/mol. The maximum atomic E-state index is 10.1. The quantitative estimate of drug-likeness (QED) is 0.786. The molecule has 0 aliphatic carbocycles. The Morgan fingerprint density at radius 1 is 1.67 bits per heavy atom. The van der Waals surface area contributed by atoms with Gasteiger partial charge in [-0.25, -0.2) is 0 Å². The predicted molar refractivity (Wildman–Crippen MR) is 47.7 cm³/mol. The van der Waals surface area contributed by atoms with Gasteiger partial charge >= 0.3 is 0 Å². The average Bonchev–Trinajstić information content (AvgIpc) is 2.09. The first-order chi connectivity index (χ1) is 5.72. The van der Waals surface area contributed by atoms with Crippen LogP contribution in [-0.2, 0) is 11.2 Å². The molecule has 0 amide bonds. The highest BCUT2D eigenvalue weighted by Crippen LogP contribution is 2.08. The SMILES string of the molecule is O=CC(O)Cc1ccc(Br)cn1. The fourth-order valence-electron chi connectivity index (χ4n) is 0.790. The molecule has 1 unspecified atom stereocenters. The zero-order valence-corrected chi connectivity index (χ0v) is 7.86. The third-order valence-corrected chi connectivity index (χ3v) is 1.83. The van der Waals surface area contributed by atoms with E-state index in [9.17, 15) is 4.79 Å². The summed E-state index contributed by atoms with van der Waals surface area (Å²) in [6.07, 6.45) is 1.46. The molecule has 1 rings (SSSR count). The van der Waals surface area contributed by atoms with Crippen molar-refractivity contribution < 1.29 is 9.90 Å². The lowest BCUT2D eigenvalue weighted by Gasteiger charge is -2.01. The predicted octanol–water partition coefficient (Wildman–Crippen LogP) is 0.946. The minimum Gasteiger partial charge on any atom is -0.385 e. The number of halogens is 1. The fraction of sp³-hybridized carbons (Fsp3) is 0.250. The number of pyridine rings is 1. The number of nitrogens with zero attached hydrogens (tertiary/aromatic N) is 1. The van der Waals surface area contributed by atoms with Gasteiger partial charge in [0.25, 0.3) is 0 Å². The molecule has 12 heavy (non-hydrogen) atoms. The van der Waals surface area contributed by atoms with Gasteiger partial charge < -0.3 is 9.90 Å². The molecule has 64 valence electrons. The zero-order valence-electron chi connectivity index (χ0n) is 6.27. The molecule has 0 bridgehead atoms. The number of aliphatic hydroxyl groups excluding tert-OH is 1. The second kappa shape index (κ2) is 4.33. The van der Waals surface area contributed by atoms with E-state index in [-0.39, 0.29) is 6.42 Å². The maximum absolute atomic E-state index is 10.1. The first-order valence-corrected chi connectivity index (χ1v) is 4.25. The molecule has 1 aromatic rings. The molecule has 0 spiro atoms. The molecule has 1 aromatic heterocycles. The van der Waals surface area contributed by atoms with E-state index < -0.39 is 6.10 Å². The number of rotatable bonds is 3. The van der Waals surface area contributed by atoms with E-state index in [1.54, 1.807) is 12.3 Å². The van der Waals surface area contributed by atoms with Crippen molar-refractivity contribution in [3.05, 3.63) is 28.5 Å². The van der Waals surface area contributed by atoms with E-state index in [1.165, 1.54) is 0 Å². The van der Waals surface area contributed by atoms with Crippen molar-refractivity contribution in [1.82, 2.24) is 4.98 Å². The molecular weight excluding hydrogens is 222 g/mol. The Hall–Kier alpha value is -0.740. The summed E-state index contributed by atoms with van der Waals surface area (Å²) in [5.74, 6) is 0. The normalized spacial score (nSPS) is 12.5. The van der Waals surface area contributed by atoms with Crippen LogP contribution in [0.3, 0.4) is 0 Å². The lowest BCUT2D eigenvalue weighted by Crippen LogP contribution is -2.12. The Kier molecular flexibility index (Phi) is 3.37. The number of hydrogen-bond donors (Lipinski definition) is 1. The van der Waals surface area contributed by atoms with Crippen molar-refractivity contribution in [1.29, 1.82) is 0 Å². The second-order valence-corrected chi connectivity index (χ2v) is 3.29. The summed E-state index contributed by atoms with van der Waals surface area (Å²) in [5, 5.41) is 8.96. The lowest BCUT2D eigenvalue weighted by atomic mass is 10.2. The first-order valence-electron chi connectivity index (χ1n) is 3.46. The molecular formula is C8H8BrNO2. The van der Waals surface area contributed by atoms with Crippen LogP contribution in [0.2, 0.25) is 0 Å². The van der Waals surface area contributed by atoms with Gasteiger partial charge in [0.2, 0.25) is 0 Å². The minimum absolute atomic E-state index is 0.275. The van der Waals surface area contributed by atoms with Crippen molar-refractivity contribution in [2.75, 3.05) is 0 Å². The highest BCUT2D eigenvalue weighted by Gasteiger charge is 2.03. The number of aromatic nitrogens is 1. The Labute approximate surface area is 78.6 Å². The van der Waals surface area contributed by atoms with Crippen molar-refractivity contribution in [2.24, 2.45) is 0 Å². The van der Waals surface area contributed by atoms with Gasteiger partial charge in [-0.3, -0.25) is 4.98 Å². The minimum atomic E-state index is -0.946. The van der Waals surface area contributed by atoms with E-state index in [2.05, 4.69) is 20.9 Å². The Balaban J connectivity index is 2.64. The first kappa shape index (κ1) is 9.35. The standard InChI is InChI=1S/C8H8BrNO2/c9-6-1-2-7(10-4-6)3-8(12)5-11/h1-2,4-5,8,12H,3H2. The van der Waals surface area contributed by atoms with Gasteiger partial charge in [-0.15, -0.1) is 0 Å². The van der Waals surface area contributed by atoms with Gasteiger partial charge in [-0.1, -0.05) is 0 Å². The van der Waals surface area contributed by atoms with E-state index in [0.29, 0.717) is 12.0 Å². The van der Waals surface area contributed by atoms with Gasteiger partial charge in [-0.2, -0.15) is 0 Å². The lowest BCUT2D eigenvalue weighted by molar-refractivity contribution is -0.114. The van der Waals surface area contributed by atoms with Gasteiger partial charge in [0.05, 0.1) is 0 Å². The van der Waals surface area contributed by atoms with Crippen LogP contribution in [0.1, 0.15) is 5.69 Å². The van der Waals surface area contributed by atoms with Crippen LogP contribution in [0.25, 0.3) is 0 Å². The van der Waals surface area contributed by atoms with Crippen molar-refractivity contribution in [2.45, 2.75) is 12.5 Å². The highest BCUT2D eigenvalue weighted by molar-refractivity contribution is 9.10. The molecule has 1 atom stereocenters. The molecule has 0 aromatic carbocycles. The van der Waals surface area contributed by atoms with Gasteiger partial charge in [0.1, 0.15) is 12.4 Å². The molecule has 1 heterocycles. The summed E-state index contributed by atoms with van der Waals surface area (Å²) >= 11 is 3.23. The van der Waals surface area contributed by atoms with Crippen LogP contribution in [0, 0.1) is 0 Å². The number of hydrogen-bond acceptors (Lipinski definition) is 3. The number of aliphatic hydroxyl groups is 1. The van der Waals surface area contributed by atoms with Crippen LogP contribution in [0.4, 0.5) is 0 Å². The molecule has 1 N–H and O–H groups in total. The Bertz CT molecular complexity index is 260. The van der Waals surface area contributed by atoms with Crippen molar-refractivity contribution in [3.8, 4) is 0 Å². The number of aldehydes is 1. The highest BCUT2D eigenvalue weighted by atomic mass is 79.9.